The lowest BCUT2D eigenvalue weighted by Gasteiger charge is -2.05. The van der Waals surface area contributed by atoms with Crippen molar-refractivity contribution in [1.29, 1.82) is 0 Å². The summed E-state index contributed by atoms with van der Waals surface area (Å²) in [7, 11) is 0. The monoisotopic (exact) mass is 227 g/mol. The summed E-state index contributed by atoms with van der Waals surface area (Å²) in [5.41, 5.74) is 11.0. The zero-order valence-electron chi connectivity index (χ0n) is 7.79. The van der Waals surface area contributed by atoms with E-state index in [1.165, 1.54) is 18.2 Å². The van der Waals surface area contributed by atoms with Crippen molar-refractivity contribution in [1.82, 2.24) is 5.32 Å². The van der Waals surface area contributed by atoms with Crippen LogP contribution in [0.15, 0.2) is 18.2 Å². The number of rotatable bonds is 3. The maximum atomic E-state index is 11.4. The highest BCUT2D eigenvalue weighted by Crippen LogP contribution is 2.17. The molecule has 2 amide bonds. The van der Waals surface area contributed by atoms with Crippen LogP contribution in [-0.4, -0.2) is 18.4 Å². The van der Waals surface area contributed by atoms with Crippen LogP contribution in [-0.2, 0) is 4.79 Å². The molecule has 0 aliphatic heterocycles. The number of primary amides is 1. The van der Waals surface area contributed by atoms with Crippen molar-refractivity contribution in [2.45, 2.75) is 0 Å². The average molecular weight is 228 g/mol. The molecule has 0 spiro atoms. The fourth-order valence-corrected chi connectivity index (χ4v) is 1.18. The zero-order valence-corrected chi connectivity index (χ0v) is 8.54. The zero-order chi connectivity index (χ0) is 11.4. The van der Waals surface area contributed by atoms with Gasteiger partial charge in [0.1, 0.15) is 0 Å². The van der Waals surface area contributed by atoms with Crippen LogP contribution in [0.5, 0.6) is 0 Å². The minimum Gasteiger partial charge on any atom is -0.398 e. The molecule has 15 heavy (non-hydrogen) atoms. The third-order valence-corrected chi connectivity index (χ3v) is 1.92. The first-order valence-electron chi connectivity index (χ1n) is 4.12. The molecular weight excluding hydrogens is 218 g/mol. The Morgan fingerprint density at radius 1 is 1.40 bits per heavy atom. The molecule has 1 aromatic carbocycles. The predicted octanol–water partition coefficient (Wildman–Crippen LogP) is 0.137. The van der Waals surface area contributed by atoms with Crippen LogP contribution in [0.25, 0.3) is 0 Å². The lowest BCUT2D eigenvalue weighted by molar-refractivity contribution is -0.117. The van der Waals surface area contributed by atoms with Crippen molar-refractivity contribution >= 4 is 29.1 Å². The summed E-state index contributed by atoms with van der Waals surface area (Å²) < 4.78 is 0. The molecule has 1 aromatic rings. The van der Waals surface area contributed by atoms with E-state index in [9.17, 15) is 9.59 Å². The van der Waals surface area contributed by atoms with E-state index >= 15 is 0 Å². The Balaban J connectivity index is 2.78. The number of halogens is 1. The van der Waals surface area contributed by atoms with E-state index < -0.39 is 11.8 Å². The van der Waals surface area contributed by atoms with Gasteiger partial charge in [0.25, 0.3) is 5.91 Å². The molecule has 6 heteroatoms. The lowest BCUT2D eigenvalue weighted by atomic mass is 10.1. The largest absolute Gasteiger partial charge is 0.398 e. The van der Waals surface area contributed by atoms with E-state index in [1.807, 2.05) is 0 Å². The molecule has 0 aliphatic rings. The molecule has 0 aromatic heterocycles. The fraction of sp³-hybridized carbons (Fsp3) is 0.111. The SMILES string of the molecule is NC(=O)CNC(=O)c1ccc(Cl)cc1N. The van der Waals surface area contributed by atoms with Crippen molar-refractivity contribution in [2.75, 3.05) is 12.3 Å². The number of hydrogen-bond donors (Lipinski definition) is 3. The molecular formula is C9H10ClN3O2. The Morgan fingerprint density at radius 3 is 2.60 bits per heavy atom. The maximum Gasteiger partial charge on any atom is 0.253 e. The van der Waals surface area contributed by atoms with Gasteiger partial charge in [0.05, 0.1) is 12.1 Å². The highest BCUT2D eigenvalue weighted by molar-refractivity contribution is 6.31. The van der Waals surface area contributed by atoms with E-state index in [4.69, 9.17) is 23.1 Å². The maximum absolute atomic E-state index is 11.4. The summed E-state index contributed by atoms with van der Waals surface area (Å²) in [6.07, 6.45) is 0. The third kappa shape index (κ3) is 3.14. The number of nitrogen functional groups attached to an aromatic ring is 1. The second kappa shape index (κ2) is 4.65. The minimum atomic E-state index is -0.615. The summed E-state index contributed by atoms with van der Waals surface area (Å²) in [6, 6.07) is 4.48. The summed E-state index contributed by atoms with van der Waals surface area (Å²) >= 11 is 5.66. The van der Waals surface area contributed by atoms with Gasteiger partial charge >= 0.3 is 0 Å². The predicted molar refractivity (Wildman–Crippen MR) is 57.4 cm³/mol. The minimum absolute atomic E-state index is 0.221. The van der Waals surface area contributed by atoms with E-state index in [-0.39, 0.29) is 17.8 Å². The second-order valence-corrected chi connectivity index (χ2v) is 3.32. The Hall–Kier alpha value is -1.75. The van der Waals surface area contributed by atoms with Crippen LogP contribution in [0.1, 0.15) is 10.4 Å². The van der Waals surface area contributed by atoms with Crippen LogP contribution in [0, 0.1) is 0 Å². The lowest BCUT2D eigenvalue weighted by Crippen LogP contribution is -2.33. The highest BCUT2D eigenvalue weighted by atomic mass is 35.5. The van der Waals surface area contributed by atoms with Crippen LogP contribution in [0.3, 0.4) is 0 Å². The van der Waals surface area contributed by atoms with Crippen molar-refractivity contribution in [2.24, 2.45) is 5.73 Å². The number of carbonyl (C=O) groups is 2. The first-order chi connectivity index (χ1) is 7.00. The van der Waals surface area contributed by atoms with Crippen LogP contribution >= 0.6 is 11.6 Å². The van der Waals surface area contributed by atoms with Gasteiger partial charge in [0.15, 0.2) is 0 Å². The topological polar surface area (TPSA) is 98.2 Å². The first-order valence-corrected chi connectivity index (χ1v) is 4.50. The van der Waals surface area contributed by atoms with Gasteiger partial charge in [0.2, 0.25) is 5.91 Å². The molecule has 0 aliphatic carbocycles. The Kier molecular flexibility index (Phi) is 3.51. The van der Waals surface area contributed by atoms with Gasteiger partial charge in [-0.15, -0.1) is 0 Å². The standard InChI is InChI=1S/C9H10ClN3O2/c10-5-1-2-6(7(11)3-5)9(15)13-4-8(12)14/h1-3H,4,11H2,(H2,12,14)(H,13,15). The fourth-order valence-electron chi connectivity index (χ4n) is 1.00. The smallest absolute Gasteiger partial charge is 0.253 e. The Morgan fingerprint density at radius 2 is 2.07 bits per heavy atom. The molecule has 0 atom stereocenters. The molecule has 0 radical (unpaired) electrons. The number of nitrogens with two attached hydrogens (primary N) is 2. The summed E-state index contributed by atoms with van der Waals surface area (Å²) in [5, 5.41) is 2.77. The van der Waals surface area contributed by atoms with Crippen LogP contribution in [0.2, 0.25) is 5.02 Å². The van der Waals surface area contributed by atoms with Gasteiger partial charge in [-0.1, -0.05) is 11.6 Å². The van der Waals surface area contributed by atoms with Crippen LogP contribution in [0.4, 0.5) is 5.69 Å². The molecule has 5 N–H and O–H groups in total. The van der Waals surface area contributed by atoms with Crippen molar-refractivity contribution in [3.8, 4) is 0 Å². The van der Waals surface area contributed by atoms with Gasteiger partial charge in [-0.3, -0.25) is 9.59 Å². The van der Waals surface area contributed by atoms with Gasteiger partial charge in [-0.2, -0.15) is 0 Å². The normalized spacial score (nSPS) is 9.67. The number of carbonyl (C=O) groups excluding carboxylic acids is 2. The van der Waals surface area contributed by atoms with Crippen molar-refractivity contribution in [3.05, 3.63) is 28.8 Å². The molecule has 0 saturated carbocycles. The molecule has 80 valence electrons. The van der Waals surface area contributed by atoms with E-state index in [1.54, 1.807) is 0 Å². The molecule has 1 rings (SSSR count). The first kappa shape index (κ1) is 11.3. The number of anilines is 1. The van der Waals surface area contributed by atoms with Crippen LogP contribution < -0.4 is 16.8 Å². The number of amides is 2. The van der Waals surface area contributed by atoms with E-state index in [2.05, 4.69) is 5.32 Å². The number of nitrogens with one attached hydrogen (secondary N) is 1. The van der Waals surface area contributed by atoms with Crippen molar-refractivity contribution in [3.63, 3.8) is 0 Å². The molecule has 0 heterocycles. The third-order valence-electron chi connectivity index (χ3n) is 1.68. The molecule has 5 nitrogen and oxygen atoms in total. The molecule has 0 unspecified atom stereocenters. The summed E-state index contributed by atoms with van der Waals surface area (Å²) in [5.74, 6) is -1.07. The van der Waals surface area contributed by atoms with E-state index in [0.29, 0.717) is 5.02 Å². The van der Waals surface area contributed by atoms with Gasteiger partial charge < -0.3 is 16.8 Å². The number of hydrogen-bond acceptors (Lipinski definition) is 3. The highest BCUT2D eigenvalue weighted by Gasteiger charge is 2.09. The second-order valence-electron chi connectivity index (χ2n) is 2.88. The van der Waals surface area contributed by atoms with Crippen molar-refractivity contribution < 1.29 is 9.59 Å². The number of benzene rings is 1. The van der Waals surface area contributed by atoms with E-state index in [0.717, 1.165) is 0 Å². The van der Waals surface area contributed by atoms with Gasteiger partial charge in [0, 0.05) is 10.7 Å². The molecule has 0 bridgehead atoms. The average Bonchev–Trinajstić information content (AvgIpc) is 2.14. The summed E-state index contributed by atoms with van der Waals surface area (Å²) in [6.45, 7) is -0.221. The van der Waals surface area contributed by atoms with Gasteiger partial charge in [-0.05, 0) is 18.2 Å². The Labute approximate surface area is 91.4 Å². The van der Waals surface area contributed by atoms with Gasteiger partial charge in [-0.25, -0.2) is 0 Å². The Bertz CT molecular complexity index is 406. The molecule has 0 saturated heterocycles. The summed E-state index contributed by atoms with van der Waals surface area (Å²) in [4.78, 5) is 21.9. The quantitative estimate of drug-likeness (QED) is 0.641. The molecule has 0 fully saturated rings.